The number of benzene rings is 2. The highest BCUT2D eigenvalue weighted by molar-refractivity contribution is 5.85. The van der Waals surface area contributed by atoms with Gasteiger partial charge in [0.15, 0.2) is 6.61 Å². The lowest BCUT2D eigenvalue weighted by molar-refractivity contribution is -0.123. The largest absolute Gasteiger partial charge is 0.483 e. The molecule has 0 unspecified atom stereocenters. The number of piperazine rings is 1. The summed E-state index contributed by atoms with van der Waals surface area (Å²) in [6, 6.07) is 18.2. The second kappa shape index (κ2) is 12.4. The Balaban J connectivity index is 0.00000280. The van der Waals surface area contributed by atoms with Crippen LogP contribution < -0.4 is 15.4 Å². The molecule has 28 heavy (non-hydrogen) atoms. The van der Waals surface area contributed by atoms with E-state index in [1.54, 1.807) is 0 Å². The number of para-hydroxylation sites is 1. The van der Waals surface area contributed by atoms with E-state index in [4.69, 9.17) is 4.74 Å². The van der Waals surface area contributed by atoms with Crippen molar-refractivity contribution in [2.45, 2.75) is 12.8 Å². The zero-order valence-corrected chi connectivity index (χ0v) is 17.0. The second-order valence-corrected chi connectivity index (χ2v) is 6.85. The highest BCUT2D eigenvalue weighted by atomic mass is 35.5. The summed E-state index contributed by atoms with van der Waals surface area (Å²) in [6.07, 6.45) is 1.76. The van der Waals surface area contributed by atoms with Gasteiger partial charge in [-0.15, -0.1) is 12.4 Å². The van der Waals surface area contributed by atoms with Gasteiger partial charge in [0.2, 0.25) is 0 Å². The molecule has 1 fully saturated rings. The third-order valence-corrected chi connectivity index (χ3v) is 4.75. The minimum atomic E-state index is -0.0650. The van der Waals surface area contributed by atoms with Gasteiger partial charge in [-0.2, -0.15) is 0 Å². The van der Waals surface area contributed by atoms with E-state index in [0.29, 0.717) is 6.54 Å². The molecular formula is C22H30ClN3O2. The van der Waals surface area contributed by atoms with Crippen molar-refractivity contribution in [1.82, 2.24) is 15.5 Å². The number of nitrogens with zero attached hydrogens (tertiary/aromatic N) is 1. The Morgan fingerprint density at radius 1 is 1.04 bits per heavy atom. The molecule has 1 aliphatic heterocycles. The van der Waals surface area contributed by atoms with Crippen molar-refractivity contribution < 1.29 is 9.53 Å². The molecule has 1 saturated heterocycles. The summed E-state index contributed by atoms with van der Waals surface area (Å²) >= 11 is 0. The van der Waals surface area contributed by atoms with Crippen molar-refractivity contribution in [3.8, 4) is 5.75 Å². The molecule has 0 aromatic heterocycles. The summed E-state index contributed by atoms with van der Waals surface area (Å²) in [5.41, 5.74) is 2.32. The zero-order chi connectivity index (χ0) is 18.7. The molecule has 0 spiro atoms. The Labute approximate surface area is 173 Å². The highest BCUT2D eigenvalue weighted by Gasteiger charge is 2.10. The van der Waals surface area contributed by atoms with Crippen molar-refractivity contribution in [3.63, 3.8) is 0 Å². The first-order valence-electron chi connectivity index (χ1n) is 9.75. The third-order valence-electron chi connectivity index (χ3n) is 4.75. The van der Waals surface area contributed by atoms with Crippen LogP contribution >= 0.6 is 12.4 Å². The van der Waals surface area contributed by atoms with Crippen molar-refractivity contribution >= 4 is 18.3 Å². The van der Waals surface area contributed by atoms with Gasteiger partial charge in [-0.1, -0.05) is 48.5 Å². The molecule has 0 radical (unpaired) electrons. The van der Waals surface area contributed by atoms with Gasteiger partial charge >= 0.3 is 0 Å². The lowest BCUT2D eigenvalue weighted by Gasteiger charge is -2.27. The molecule has 6 heteroatoms. The maximum absolute atomic E-state index is 12.1. The molecule has 0 aliphatic carbocycles. The highest BCUT2D eigenvalue weighted by Crippen LogP contribution is 2.21. The lowest BCUT2D eigenvalue weighted by atomic mass is 10.0. The fourth-order valence-corrected chi connectivity index (χ4v) is 3.27. The molecule has 5 nitrogen and oxygen atoms in total. The molecule has 0 atom stereocenters. The zero-order valence-electron chi connectivity index (χ0n) is 16.2. The minimum absolute atomic E-state index is 0. The number of hydrogen-bond acceptors (Lipinski definition) is 4. The molecule has 1 heterocycles. The van der Waals surface area contributed by atoms with Crippen LogP contribution in [0.3, 0.4) is 0 Å². The number of amides is 1. The summed E-state index contributed by atoms with van der Waals surface area (Å²) in [4.78, 5) is 14.5. The van der Waals surface area contributed by atoms with Crippen LogP contribution in [0.15, 0.2) is 54.6 Å². The van der Waals surface area contributed by atoms with Crippen molar-refractivity contribution in [1.29, 1.82) is 0 Å². The Morgan fingerprint density at radius 2 is 1.75 bits per heavy atom. The summed E-state index contributed by atoms with van der Waals surface area (Å²) in [5, 5.41) is 6.30. The van der Waals surface area contributed by atoms with E-state index in [1.807, 2.05) is 42.5 Å². The SMILES string of the molecule is Cl.O=C(COc1ccccc1Cc1ccccc1)NCCCN1CCNCC1. The van der Waals surface area contributed by atoms with Crippen LogP contribution in [0.1, 0.15) is 17.5 Å². The van der Waals surface area contributed by atoms with Gasteiger partial charge in [-0.05, 0) is 30.2 Å². The quantitative estimate of drug-likeness (QED) is 0.631. The average molecular weight is 404 g/mol. The predicted molar refractivity (Wildman–Crippen MR) is 115 cm³/mol. The fraction of sp³-hybridized carbons (Fsp3) is 0.409. The number of carbonyl (C=O) groups excluding carboxylic acids is 1. The van der Waals surface area contributed by atoms with E-state index >= 15 is 0 Å². The van der Waals surface area contributed by atoms with E-state index in [0.717, 1.165) is 56.9 Å². The Bertz CT molecular complexity index is 706. The smallest absolute Gasteiger partial charge is 0.257 e. The number of halogens is 1. The Morgan fingerprint density at radius 3 is 2.54 bits per heavy atom. The van der Waals surface area contributed by atoms with Crippen molar-refractivity contribution in [2.75, 3.05) is 45.9 Å². The van der Waals surface area contributed by atoms with Gasteiger partial charge in [-0.25, -0.2) is 0 Å². The summed E-state index contributed by atoms with van der Waals surface area (Å²) in [6.45, 7) is 6.08. The first-order valence-corrected chi connectivity index (χ1v) is 9.75. The second-order valence-electron chi connectivity index (χ2n) is 6.85. The van der Waals surface area contributed by atoms with E-state index in [-0.39, 0.29) is 24.9 Å². The van der Waals surface area contributed by atoms with Gasteiger partial charge in [0, 0.05) is 39.1 Å². The lowest BCUT2D eigenvalue weighted by Crippen LogP contribution is -2.44. The maximum atomic E-state index is 12.1. The molecule has 152 valence electrons. The standard InChI is InChI=1S/C22H29N3O2.ClH/c26-22(24-11-6-14-25-15-12-23-13-16-25)18-27-21-10-5-4-9-20(21)17-19-7-2-1-3-8-19;/h1-5,7-10,23H,6,11-18H2,(H,24,26);1H. The van der Waals surface area contributed by atoms with Gasteiger partial charge in [0.25, 0.3) is 5.91 Å². The van der Waals surface area contributed by atoms with E-state index < -0.39 is 0 Å². The predicted octanol–water partition coefficient (Wildman–Crippen LogP) is 2.49. The monoisotopic (exact) mass is 403 g/mol. The topological polar surface area (TPSA) is 53.6 Å². The molecule has 2 aromatic rings. The fourth-order valence-electron chi connectivity index (χ4n) is 3.27. The number of ether oxygens (including phenoxy) is 1. The maximum Gasteiger partial charge on any atom is 0.257 e. The molecule has 0 saturated carbocycles. The Hall–Kier alpha value is -2.08. The summed E-state index contributed by atoms with van der Waals surface area (Å²) in [5.74, 6) is 0.710. The number of hydrogen-bond donors (Lipinski definition) is 2. The average Bonchev–Trinajstić information content (AvgIpc) is 2.72. The Kier molecular flexibility index (Phi) is 9.83. The van der Waals surface area contributed by atoms with Crippen LogP contribution in [0.25, 0.3) is 0 Å². The molecule has 2 N–H and O–H groups in total. The summed E-state index contributed by atoms with van der Waals surface area (Å²) < 4.78 is 5.79. The third kappa shape index (κ3) is 7.50. The van der Waals surface area contributed by atoms with Crippen LogP contribution in [0, 0.1) is 0 Å². The first kappa shape index (κ1) is 22.2. The minimum Gasteiger partial charge on any atom is -0.483 e. The summed E-state index contributed by atoms with van der Waals surface area (Å²) in [7, 11) is 0. The van der Waals surface area contributed by atoms with Crippen LogP contribution in [0.2, 0.25) is 0 Å². The molecule has 1 aliphatic rings. The van der Waals surface area contributed by atoms with Crippen molar-refractivity contribution in [3.05, 3.63) is 65.7 Å². The van der Waals surface area contributed by atoms with Gasteiger partial charge in [0.05, 0.1) is 0 Å². The van der Waals surface area contributed by atoms with E-state index in [1.165, 1.54) is 5.56 Å². The van der Waals surface area contributed by atoms with Gasteiger partial charge < -0.3 is 20.3 Å². The van der Waals surface area contributed by atoms with E-state index in [9.17, 15) is 4.79 Å². The molecule has 2 aromatic carbocycles. The van der Waals surface area contributed by atoms with E-state index in [2.05, 4.69) is 27.7 Å². The van der Waals surface area contributed by atoms with Crippen LogP contribution in [0.4, 0.5) is 0 Å². The normalized spacial score (nSPS) is 14.1. The van der Waals surface area contributed by atoms with Crippen molar-refractivity contribution in [2.24, 2.45) is 0 Å². The molecule has 1 amide bonds. The molecule has 0 bridgehead atoms. The van der Waals surface area contributed by atoms with Crippen LogP contribution in [-0.2, 0) is 11.2 Å². The van der Waals surface area contributed by atoms with Crippen LogP contribution in [0.5, 0.6) is 5.75 Å². The first-order chi connectivity index (χ1) is 13.3. The van der Waals surface area contributed by atoms with Crippen LogP contribution in [-0.4, -0.2) is 56.7 Å². The molecular weight excluding hydrogens is 374 g/mol. The number of nitrogens with one attached hydrogen (secondary N) is 2. The van der Waals surface area contributed by atoms with Gasteiger partial charge in [-0.3, -0.25) is 4.79 Å². The van der Waals surface area contributed by atoms with Gasteiger partial charge in [0.1, 0.15) is 5.75 Å². The number of rotatable bonds is 9. The molecule has 3 rings (SSSR count). The number of carbonyl (C=O) groups is 1.